The molecule has 1 saturated carbocycles. The van der Waals surface area contributed by atoms with Crippen LogP contribution in [0.15, 0.2) is 41.0 Å². The van der Waals surface area contributed by atoms with Gasteiger partial charge in [0.1, 0.15) is 12.2 Å². The summed E-state index contributed by atoms with van der Waals surface area (Å²) in [5.41, 5.74) is 2.07. The van der Waals surface area contributed by atoms with E-state index in [1.807, 2.05) is 30.3 Å². The molecular weight excluding hydrogens is 318 g/mol. The fraction of sp³-hybridized carbons (Fsp3) is 0.400. The van der Waals surface area contributed by atoms with E-state index >= 15 is 0 Å². The summed E-state index contributed by atoms with van der Waals surface area (Å²) in [6, 6.07) is 9.85. The second-order valence-corrected chi connectivity index (χ2v) is 6.76. The number of hydrogen-bond acceptors (Lipinski definition) is 3. The largest absolute Gasteiger partial charge is 0.481 e. The van der Waals surface area contributed by atoms with Crippen LogP contribution in [0.1, 0.15) is 59.0 Å². The molecule has 1 aromatic carbocycles. The number of carbonyl (C=O) groups is 2. The molecule has 1 aromatic heterocycles. The molecule has 0 bridgehead atoms. The van der Waals surface area contributed by atoms with Gasteiger partial charge in [-0.2, -0.15) is 0 Å². The maximum absolute atomic E-state index is 12.8. The van der Waals surface area contributed by atoms with Gasteiger partial charge in [-0.15, -0.1) is 0 Å². The Morgan fingerprint density at radius 2 is 2.00 bits per heavy atom. The Bertz CT molecular complexity index is 746. The minimum Gasteiger partial charge on any atom is -0.481 e. The van der Waals surface area contributed by atoms with Crippen molar-refractivity contribution in [2.75, 3.05) is 0 Å². The van der Waals surface area contributed by atoms with E-state index in [2.05, 4.69) is 5.32 Å². The number of amides is 1. The van der Waals surface area contributed by atoms with Crippen LogP contribution in [-0.2, 0) is 11.2 Å². The number of furan rings is 1. The Kier molecular flexibility index (Phi) is 5.22. The summed E-state index contributed by atoms with van der Waals surface area (Å²) in [6.07, 6.45) is 5.71. The monoisotopic (exact) mass is 341 g/mol. The molecule has 132 valence electrons. The maximum Gasteiger partial charge on any atom is 0.311 e. The highest BCUT2D eigenvalue weighted by atomic mass is 16.4. The van der Waals surface area contributed by atoms with Gasteiger partial charge >= 0.3 is 5.97 Å². The third kappa shape index (κ3) is 4.10. The molecular formula is C20H23NO4. The zero-order valence-corrected chi connectivity index (χ0v) is 14.3. The summed E-state index contributed by atoms with van der Waals surface area (Å²) in [6.45, 7) is 1.76. The van der Waals surface area contributed by atoms with Crippen LogP contribution in [0.2, 0.25) is 0 Å². The molecule has 3 rings (SSSR count). The molecule has 2 N–H and O–H groups in total. The van der Waals surface area contributed by atoms with E-state index in [-0.39, 0.29) is 24.1 Å². The number of nitrogens with one attached hydrogen (secondary N) is 1. The Morgan fingerprint density at radius 3 is 2.60 bits per heavy atom. The maximum atomic E-state index is 12.8. The summed E-state index contributed by atoms with van der Waals surface area (Å²) in [5.74, 6) is -0.444. The highest BCUT2D eigenvalue weighted by molar-refractivity contribution is 5.97. The van der Waals surface area contributed by atoms with Gasteiger partial charge in [0.2, 0.25) is 0 Å². The van der Waals surface area contributed by atoms with E-state index in [1.54, 1.807) is 6.92 Å². The van der Waals surface area contributed by atoms with Gasteiger partial charge in [0.25, 0.3) is 5.91 Å². The van der Waals surface area contributed by atoms with Gasteiger partial charge in [-0.05, 0) is 24.8 Å². The highest BCUT2D eigenvalue weighted by Gasteiger charge is 2.27. The van der Waals surface area contributed by atoms with Crippen molar-refractivity contribution in [1.29, 1.82) is 0 Å². The van der Waals surface area contributed by atoms with Crippen LogP contribution >= 0.6 is 0 Å². The van der Waals surface area contributed by atoms with E-state index in [9.17, 15) is 9.59 Å². The average Bonchev–Trinajstić information content (AvgIpc) is 2.90. The van der Waals surface area contributed by atoms with E-state index < -0.39 is 5.97 Å². The zero-order chi connectivity index (χ0) is 17.8. The van der Waals surface area contributed by atoms with Crippen LogP contribution < -0.4 is 5.32 Å². The van der Waals surface area contributed by atoms with Gasteiger partial charge < -0.3 is 14.8 Å². The number of carboxylic acid groups (broad SMARTS) is 1. The first-order chi connectivity index (χ1) is 12.0. The first kappa shape index (κ1) is 17.3. The SMILES string of the molecule is Cc1coc(CC(=O)O)c1C(=O)NC(CC1CCC1)c1ccccc1. The Morgan fingerprint density at radius 1 is 1.28 bits per heavy atom. The van der Waals surface area contributed by atoms with Gasteiger partial charge in [-0.3, -0.25) is 9.59 Å². The topological polar surface area (TPSA) is 79.5 Å². The zero-order valence-electron chi connectivity index (χ0n) is 14.3. The summed E-state index contributed by atoms with van der Waals surface area (Å²) in [7, 11) is 0. The molecule has 0 radical (unpaired) electrons. The van der Waals surface area contributed by atoms with Crippen molar-refractivity contribution < 1.29 is 19.1 Å². The molecule has 1 aliphatic rings. The lowest BCUT2D eigenvalue weighted by molar-refractivity contribution is -0.136. The molecule has 1 atom stereocenters. The predicted octanol–water partition coefficient (Wildman–Crippen LogP) is 3.88. The molecule has 25 heavy (non-hydrogen) atoms. The number of rotatable bonds is 7. The molecule has 0 spiro atoms. The number of carboxylic acids is 1. The van der Waals surface area contributed by atoms with Crippen molar-refractivity contribution in [2.24, 2.45) is 5.92 Å². The standard InChI is InChI=1S/C20H23NO4/c1-13-12-25-17(11-18(22)23)19(13)20(24)21-16(10-14-6-5-7-14)15-8-3-2-4-9-15/h2-4,8-9,12,14,16H,5-7,10-11H2,1H3,(H,21,24)(H,22,23). The lowest BCUT2D eigenvalue weighted by Gasteiger charge is -2.30. The number of aryl methyl sites for hydroxylation is 1. The summed E-state index contributed by atoms with van der Waals surface area (Å²) < 4.78 is 5.29. The van der Waals surface area contributed by atoms with Crippen molar-refractivity contribution in [2.45, 2.75) is 45.1 Å². The van der Waals surface area contributed by atoms with Gasteiger partial charge in [-0.1, -0.05) is 49.6 Å². The Hall–Kier alpha value is -2.56. The van der Waals surface area contributed by atoms with Crippen molar-refractivity contribution in [3.63, 3.8) is 0 Å². The molecule has 1 fully saturated rings. The van der Waals surface area contributed by atoms with Crippen molar-refractivity contribution in [3.05, 3.63) is 59.0 Å². The lowest BCUT2D eigenvalue weighted by atomic mass is 9.79. The van der Waals surface area contributed by atoms with Crippen LogP contribution in [0, 0.1) is 12.8 Å². The molecule has 5 nitrogen and oxygen atoms in total. The molecule has 1 unspecified atom stereocenters. The van der Waals surface area contributed by atoms with Crippen LogP contribution in [-0.4, -0.2) is 17.0 Å². The van der Waals surface area contributed by atoms with Gasteiger partial charge in [0.05, 0.1) is 17.9 Å². The van der Waals surface area contributed by atoms with E-state index in [0.717, 1.165) is 12.0 Å². The summed E-state index contributed by atoms with van der Waals surface area (Å²) in [5, 5.41) is 12.1. The molecule has 0 saturated heterocycles. The van der Waals surface area contributed by atoms with Gasteiger partial charge in [0.15, 0.2) is 0 Å². The van der Waals surface area contributed by atoms with Crippen LogP contribution in [0.5, 0.6) is 0 Å². The Balaban J connectivity index is 1.80. The van der Waals surface area contributed by atoms with Crippen molar-refractivity contribution >= 4 is 11.9 Å². The number of benzene rings is 1. The van der Waals surface area contributed by atoms with Gasteiger partial charge in [0, 0.05) is 5.56 Å². The minimum atomic E-state index is -1.02. The first-order valence-corrected chi connectivity index (χ1v) is 8.69. The second-order valence-electron chi connectivity index (χ2n) is 6.76. The average molecular weight is 341 g/mol. The Labute approximate surface area is 147 Å². The molecule has 0 aliphatic heterocycles. The number of carbonyl (C=O) groups excluding carboxylic acids is 1. The van der Waals surface area contributed by atoms with Crippen LogP contribution in [0.3, 0.4) is 0 Å². The van der Waals surface area contributed by atoms with Crippen LogP contribution in [0.25, 0.3) is 0 Å². The third-order valence-corrected chi connectivity index (χ3v) is 4.89. The molecule has 2 aromatic rings. The predicted molar refractivity (Wildman–Crippen MR) is 93.4 cm³/mol. The lowest BCUT2D eigenvalue weighted by Crippen LogP contribution is -2.32. The number of aliphatic carboxylic acids is 1. The van der Waals surface area contributed by atoms with Gasteiger partial charge in [-0.25, -0.2) is 0 Å². The second kappa shape index (κ2) is 7.55. The van der Waals surface area contributed by atoms with Crippen molar-refractivity contribution in [1.82, 2.24) is 5.32 Å². The first-order valence-electron chi connectivity index (χ1n) is 8.69. The summed E-state index contributed by atoms with van der Waals surface area (Å²) >= 11 is 0. The van der Waals surface area contributed by atoms with Crippen molar-refractivity contribution in [3.8, 4) is 0 Å². The quantitative estimate of drug-likeness (QED) is 0.801. The smallest absolute Gasteiger partial charge is 0.311 e. The third-order valence-electron chi connectivity index (χ3n) is 4.89. The van der Waals surface area contributed by atoms with E-state index in [1.165, 1.54) is 25.5 Å². The normalized spacial score (nSPS) is 15.4. The molecule has 1 aliphatic carbocycles. The summed E-state index contributed by atoms with van der Waals surface area (Å²) in [4.78, 5) is 23.8. The molecule has 1 amide bonds. The number of hydrogen-bond donors (Lipinski definition) is 2. The molecule has 5 heteroatoms. The molecule has 1 heterocycles. The highest BCUT2D eigenvalue weighted by Crippen LogP contribution is 2.35. The fourth-order valence-corrected chi connectivity index (χ4v) is 3.33. The minimum absolute atomic E-state index is 0.0778. The van der Waals surface area contributed by atoms with Crippen LogP contribution in [0.4, 0.5) is 0 Å². The fourth-order valence-electron chi connectivity index (χ4n) is 3.33. The van der Waals surface area contributed by atoms with E-state index in [4.69, 9.17) is 9.52 Å². The van der Waals surface area contributed by atoms with E-state index in [0.29, 0.717) is 17.0 Å².